The van der Waals surface area contributed by atoms with Crippen LogP contribution in [0.25, 0.3) is 11.3 Å². The van der Waals surface area contributed by atoms with Gasteiger partial charge in [-0.25, -0.2) is 18.1 Å². The Morgan fingerprint density at radius 1 is 1.02 bits per heavy atom. The molecule has 2 aromatic carbocycles. The fourth-order valence-corrected chi connectivity index (χ4v) is 7.04. The molecule has 1 fully saturated rings. The van der Waals surface area contributed by atoms with Gasteiger partial charge in [0.05, 0.1) is 28.8 Å². The van der Waals surface area contributed by atoms with Gasteiger partial charge < -0.3 is 14.4 Å². The second-order valence-electron chi connectivity index (χ2n) is 14.0. The van der Waals surface area contributed by atoms with Crippen molar-refractivity contribution in [1.82, 2.24) is 14.9 Å². The third-order valence-electron chi connectivity index (χ3n) is 8.35. The number of nitrogens with one attached hydrogen (secondary N) is 1. The first-order chi connectivity index (χ1) is 20.6. The minimum Gasteiger partial charge on any atom is -0.475 e. The smallest absolute Gasteiger partial charge is 0.264 e. The summed E-state index contributed by atoms with van der Waals surface area (Å²) in [6, 6.07) is 13.5. The van der Waals surface area contributed by atoms with Crippen molar-refractivity contribution in [3.8, 4) is 17.1 Å². The molecule has 3 heterocycles. The van der Waals surface area contributed by atoms with E-state index in [1.165, 1.54) is 12.1 Å². The van der Waals surface area contributed by atoms with E-state index in [1.54, 1.807) is 18.2 Å². The Morgan fingerprint density at radius 2 is 1.73 bits per heavy atom. The summed E-state index contributed by atoms with van der Waals surface area (Å²) >= 11 is 0. The fraction of sp³-hybridized carbons (Fsp3) is 0.500. The molecular formula is C34H44N4O5S. The van der Waals surface area contributed by atoms with Gasteiger partial charge in [0.25, 0.3) is 15.9 Å². The summed E-state index contributed by atoms with van der Waals surface area (Å²) in [5, 5.41) is 0. The SMILES string of the molecule is Cc1cccc(C)c1-c1cc2nc(n1)NS(=O)(=O)c1cccc(c1)C(=O)N(CC1CCC(C)(C)OC1)[C@H](CC(C)(C)C)CO2. The lowest BCUT2D eigenvalue weighted by Crippen LogP contribution is -2.49. The highest BCUT2D eigenvalue weighted by molar-refractivity contribution is 7.92. The van der Waals surface area contributed by atoms with Crippen molar-refractivity contribution in [2.75, 3.05) is 24.5 Å². The summed E-state index contributed by atoms with van der Waals surface area (Å²) in [4.78, 5) is 25.2. The first-order valence-electron chi connectivity index (χ1n) is 15.3. The van der Waals surface area contributed by atoms with Gasteiger partial charge in [-0.3, -0.25) is 4.79 Å². The summed E-state index contributed by atoms with van der Waals surface area (Å²) in [6.07, 6.45) is 2.48. The minimum absolute atomic E-state index is 0.0405. The molecular weight excluding hydrogens is 576 g/mol. The number of rotatable bonds is 4. The number of hydrogen-bond donors (Lipinski definition) is 1. The molecule has 0 saturated carbocycles. The number of amides is 1. The second-order valence-corrected chi connectivity index (χ2v) is 15.7. The van der Waals surface area contributed by atoms with E-state index in [0.717, 1.165) is 29.5 Å². The molecule has 10 heteroatoms. The van der Waals surface area contributed by atoms with E-state index in [1.807, 2.05) is 36.9 Å². The molecule has 4 bridgehead atoms. The van der Waals surface area contributed by atoms with Crippen LogP contribution in [-0.2, 0) is 14.8 Å². The van der Waals surface area contributed by atoms with Crippen LogP contribution in [0.5, 0.6) is 5.88 Å². The first-order valence-corrected chi connectivity index (χ1v) is 16.7. The number of aromatic nitrogens is 2. The molecule has 44 heavy (non-hydrogen) atoms. The van der Waals surface area contributed by atoms with Crippen LogP contribution in [0, 0.1) is 25.2 Å². The molecule has 1 aromatic heterocycles. The molecule has 1 unspecified atom stereocenters. The normalized spacial score (nSPS) is 21.7. The fourth-order valence-electron chi connectivity index (χ4n) is 6.05. The number of benzene rings is 2. The molecule has 0 radical (unpaired) electrons. The topological polar surface area (TPSA) is 111 Å². The number of aryl methyl sites for hydroxylation is 2. The van der Waals surface area contributed by atoms with E-state index in [2.05, 4.69) is 49.3 Å². The quantitative estimate of drug-likeness (QED) is 0.359. The number of carbonyl (C=O) groups excluding carboxylic acids is 1. The Kier molecular flexibility index (Phi) is 8.79. The van der Waals surface area contributed by atoms with E-state index in [0.29, 0.717) is 30.8 Å². The summed E-state index contributed by atoms with van der Waals surface area (Å²) in [7, 11) is -4.12. The zero-order valence-electron chi connectivity index (χ0n) is 26.8. The van der Waals surface area contributed by atoms with Crippen molar-refractivity contribution < 1.29 is 22.7 Å². The Morgan fingerprint density at radius 3 is 2.39 bits per heavy atom. The maximum absolute atomic E-state index is 14.3. The average molecular weight is 621 g/mol. The standard InChI is InChI=1S/C34H44N4O5S/c1-22-10-8-11-23(2)30(22)28-17-29-36-32(35-28)37-44(40,41)27-13-9-12-25(16-27)31(39)38(26(21-42-29)18-33(3,4)5)19-24-14-15-34(6,7)43-20-24/h8-13,16-17,24,26H,14-15,18-21H2,1-7H3,(H,35,36,37)/t24?,26-/m1/s1. The third kappa shape index (κ3) is 7.41. The molecule has 0 spiro atoms. The van der Waals surface area contributed by atoms with Crippen LogP contribution in [0.4, 0.5) is 5.95 Å². The van der Waals surface area contributed by atoms with E-state index in [-0.39, 0.29) is 52.2 Å². The van der Waals surface area contributed by atoms with Gasteiger partial charge in [0, 0.05) is 29.7 Å². The van der Waals surface area contributed by atoms with E-state index >= 15 is 0 Å². The minimum atomic E-state index is -4.12. The molecule has 2 atom stereocenters. The van der Waals surface area contributed by atoms with Crippen molar-refractivity contribution in [2.24, 2.45) is 11.3 Å². The predicted octanol–water partition coefficient (Wildman–Crippen LogP) is 6.41. The van der Waals surface area contributed by atoms with Crippen LogP contribution in [0.3, 0.4) is 0 Å². The molecule has 2 aliphatic rings. The molecule has 5 rings (SSSR count). The summed E-state index contributed by atoms with van der Waals surface area (Å²) in [5.41, 5.74) is 3.40. The largest absolute Gasteiger partial charge is 0.475 e. The van der Waals surface area contributed by atoms with Gasteiger partial charge in [0.1, 0.15) is 6.61 Å². The number of ether oxygens (including phenoxy) is 2. The highest BCUT2D eigenvalue weighted by Crippen LogP contribution is 2.33. The van der Waals surface area contributed by atoms with Gasteiger partial charge >= 0.3 is 0 Å². The second kappa shape index (κ2) is 12.1. The lowest BCUT2D eigenvalue weighted by atomic mass is 9.86. The number of fused-ring (bicyclic) bond motifs is 4. The Bertz CT molecular complexity index is 1620. The maximum atomic E-state index is 14.3. The van der Waals surface area contributed by atoms with Crippen molar-refractivity contribution in [3.63, 3.8) is 0 Å². The van der Waals surface area contributed by atoms with Gasteiger partial charge in [-0.15, -0.1) is 0 Å². The van der Waals surface area contributed by atoms with Crippen molar-refractivity contribution >= 4 is 21.9 Å². The van der Waals surface area contributed by atoms with Gasteiger partial charge in [-0.05, 0) is 81.7 Å². The van der Waals surface area contributed by atoms with Crippen LogP contribution < -0.4 is 9.46 Å². The molecule has 1 amide bonds. The number of carbonyl (C=O) groups is 1. The van der Waals surface area contributed by atoms with Crippen molar-refractivity contribution in [2.45, 2.75) is 84.3 Å². The summed E-state index contributed by atoms with van der Waals surface area (Å²) < 4.78 is 42.3. The number of anilines is 1. The van der Waals surface area contributed by atoms with Crippen LogP contribution in [0.1, 0.15) is 75.4 Å². The molecule has 2 aliphatic heterocycles. The molecule has 0 aliphatic carbocycles. The van der Waals surface area contributed by atoms with Crippen LogP contribution in [0.2, 0.25) is 0 Å². The molecule has 236 valence electrons. The van der Waals surface area contributed by atoms with Gasteiger partial charge in [0.15, 0.2) is 0 Å². The van der Waals surface area contributed by atoms with Crippen molar-refractivity contribution in [3.05, 3.63) is 65.2 Å². The highest BCUT2D eigenvalue weighted by Gasteiger charge is 2.35. The van der Waals surface area contributed by atoms with Gasteiger partial charge in [0.2, 0.25) is 11.8 Å². The zero-order valence-corrected chi connectivity index (χ0v) is 27.6. The van der Waals surface area contributed by atoms with Crippen LogP contribution >= 0.6 is 0 Å². The Balaban J connectivity index is 1.63. The van der Waals surface area contributed by atoms with E-state index in [9.17, 15) is 13.2 Å². The van der Waals surface area contributed by atoms with Crippen molar-refractivity contribution in [1.29, 1.82) is 0 Å². The van der Waals surface area contributed by atoms with Gasteiger partial charge in [-0.2, -0.15) is 4.98 Å². The highest BCUT2D eigenvalue weighted by atomic mass is 32.2. The summed E-state index contributed by atoms with van der Waals surface area (Å²) in [6.45, 7) is 15.8. The summed E-state index contributed by atoms with van der Waals surface area (Å²) in [5.74, 6) is 0.0377. The number of hydrogen-bond acceptors (Lipinski definition) is 7. The van der Waals surface area contributed by atoms with E-state index in [4.69, 9.17) is 9.47 Å². The predicted molar refractivity (Wildman–Crippen MR) is 171 cm³/mol. The Labute approximate surface area is 261 Å². The maximum Gasteiger partial charge on any atom is 0.264 e. The molecule has 3 aromatic rings. The molecule has 1 saturated heterocycles. The number of sulfonamides is 1. The average Bonchev–Trinajstić information content (AvgIpc) is 2.93. The third-order valence-corrected chi connectivity index (χ3v) is 9.68. The molecule has 9 nitrogen and oxygen atoms in total. The number of nitrogens with zero attached hydrogens (tertiary/aromatic N) is 3. The monoisotopic (exact) mass is 620 g/mol. The zero-order chi connectivity index (χ0) is 31.9. The van der Waals surface area contributed by atoms with Crippen LogP contribution in [0.15, 0.2) is 53.4 Å². The lowest BCUT2D eigenvalue weighted by Gasteiger charge is -2.40. The Hall–Kier alpha value is -3.50. The van der Waals surface area contributed by atoms with E-state index < -0.39 is 10.0 Å². The lowest BCUT2D eigenvalue weighted by molar-refractivity contribution is -0.0824. The molecule has 1 N–H and O–H groups in total. The van der Waals surface area contributed by atoms with Gasteiger partial charge in [-0.1, -0.05) is 45.0 Å². The first kappa shape index (κ1) is 31.9. The van der Waals surface area contributed by atoms with Crippen LogP contribution in [-0.4, -0.2) is 60.6 Å².